The maximum atomic E-state index is 15.2. The van der Waals surface area contributed by atoms with E-state index < -0.39 is 0 Å². The van der Waals surface area contributed by atoms with Crippen LogP contribution in [0, 0.1) is 11.8 Å². The molecule has 2 aliphatic carbocycles. The van der Waals surface area contributed by atoms with Gasteiger partial charge in [0.05, 0.1) is 11.3 Å². The van der Waals surface area contributed by atoms with Gasteiger partial charge in [0.15, 0.2) is 11.5 Å². The molecule has 6 rings (SSSR count). The molecule has 3 heterocycles. The average molecular weight is 533 g/mol. The third kappa shape index (κ3) is 5.13. The third-order valence-corrected chi connectivity index (χ3v) is 8.48. The number of aromatic nitrogens is 2. The van der Waals surface area contributed by atoms with Gasteiger partial charge in [0.25, 0.3) is 5.91 Å². The fourth-order valence-electron chi connectivity index (χ4n) is 6.47. The van der Waals surface area contributed by atoms with Crippen molar-refractivity contribution in [2.75, 3.05) is 36.1 Å². The number of allylic oxidation sites excluding steroid dienone is 4. The number of ether oxygens (including phenoxy) is 2. The van der Waals surface area contributed by atoms with E-state index >= 15 is 4.39 Å². The number of amides is 1. The van der Waals surface area contributed by atoms with Gasteiger partial charge < -0.3 is 19.3 Å². The number of carbonyl (C=O) groups is 1. The number of carbonyl (C=O) groups excluding carboxylic acids is 1. The molecule has 4 aliphatic rings. The van der Waals surface area contributed by atoms with Crippen molar-refractivity contribution in [3.8, 4) is 11.5 Å². The lowest BCUT2D eigenvalue weighted by Crippen LogP contribution is -2.43. The third-order valence-electron chi connectivity index (χ3n) is 8.48. The van der Waals surface area contributed by atoms with Crippen LogP contribution < -0.4 is 19.3 Å². The molecule has 7 nitrogen and oxygen atoms in total. The second kappa shape index (κ2) is 11.0. The summed E-state index contributed by atoms with van der Waals surface area (Å²) in [6.07, 6.45) is 12.6. The lowest BCUT2D eigenvalue weighted by molar-refractivity contribution is 0.0979. The summed E-state index contributed by atoms with van der Waals surface area (Å²) < 4.78 is 26.7. The quantitative estimate of drug-likeness (QED) is 0.447. The molecule has 2 fully saturated rings. The molecule has 8 heteroatoms. The Morgan fingerprint density at radius 2 is 1.90 bits per heavy atom. The normalized spacial score (nSPS) is 22.6. The summed E-state index contributed by atoms with van der Waals surface area (Å²) in [6.45, 7) is 6.68. The molecule has 2 atom stereocenters. The summed E-state index contributed by atoms with van der Waals surface area (Å²) in [6, 6.07) is 5.34. The standard InChI is InChI=1S/C31H37FN4O3/c1-20(2)36(23-11-12-27-28(17-23)39-16-15-38-27)30(37)25-18-33-31(34-29(25)24-9-5-6-10-26(24)32)35-14-13-21-7-3-4-8-22(21)19-35/h5,9,11-12,17-18,20-22H,3-4,6-8,10,13-16,19H2,1-2H3. The summed E-state index contributed by atoms with van der Waals surface area (Å²) in [5, 5.41) is 0. The molecule has 2 aliphatic heterocycles. The van der Waals surface area contributed by atoms with Gasteiger partial charge in [-0.3, -0.25) is 4.79 Å². The van der Waals surface area contributed by atoms with Crippen molar-refractivity contribution in [3.63, 3.8) is 0 Å². The zero-order chi connectivity index (χ0) is 26.9. The van der Waals surface area contributed by atoms with Gasteiger partial charge in [0, 0.05) is 49.1 Å². The van der Waals surface area contributed by atoms with Crippen molar-refractivity contribution in [3.05, 3.63) is 53.6 Å². The average Bonchev–Trinajstić information content (AvgIpc) is 2.96. The number of rotatable bonds is 5. The second-order valence-corrected chi connectivity index (χ2v) is 11.3. The Bertz CT molecular complexity index is 1310. The first-order valence-corrected chi connectivity index (χ1v) is 14.4. The van der Waals surface area contributed by atoms with E-state index in [4.69, 9.17) is 19.4 Å². The highest BCUT2D eigenvalue weighted by Crippen LogP contribution is 2.39. The number of nitrogens with zero attached hydrogens (tertiary/aromatic N) is 4. The summed E-state index contributed by atoms with van der Waals surface area (Å²) in [5.74, 6) is 2.78. The first kappa shape index (κ1) is 25.8. The topological polar surface area (TPSA) is 67.8 Å². The molecule has 0 bridgehead atoms. The van der Waals surface area contributed by atoms with Gasteiger partial charge >= 0.3 is 0 Å². The highest BCUT2D eigenvalue weighted by molar-refractivity contribution is 6.09. The minimum Gasteiger partial charge on any atom is -0.486 e. The summed E-state index contributed by atoms with van der Waals surface area (Å²) in [5.41, 5.74) is 1.73. The Balaban J connectivity index is 1.37. The molecule has 1 aromatic heterocycles. The number of benzene rings is 1. The Labute approximate surface area is 229 Å². The van der Waals surface area contributed by atoms with Crippen LogP contribution in [-0.4, -0.2) is 48.2 Å². The molecule has 206 valence electrons. The number of halogens is 1. The summed E-state index contributed by atoms with van der Waals surface area (Å²) in [7, 11) is 0. The molecule has 2 unspecified atom stereocenters. The van der Waals surface area contributed by atoms with Crippen LogP contribution in [0.1, 0.15) is 74.8 Å². The maximum absolute atomic E-state index is 15.2. The highest BCUT2D eigenvalue weighted by Gasteiger charge is 2.33. The van der Waals surface area contributed by atoms with Crippen LogP contribution in [0.5, 0.6) is 11.5 Å². The molecule has 1 saturated heterocycles. The maximum Gasteiger partial charge on any atom is 0.262 e. The van der Waals surface area contributed by atoms with Gasteiger partial charge in [0.1, 0.15) is 19.0 Å². The Hall–Kier alpha value is -3.42. The molecule has 1 aromatic carbocycles. The molecule has 2 aromatic rings. The van der Waals surface area contributed by atoms with Gasteiger partial charge in [-0.05, 0) is 57.1 Å². The van der Waals surface area contributed by atoms with Crippen molar-refractivity contribution < 1.29 is 18.7 Å². The van der Waals surface area contributed by atoms with Crippen LogP contribution in [-0.2, 0) is 0 Å². The SMILES string of the molecule is CC(C)N(C(=O)c1cnc(N2CCC3CCCCC3C2)nc1C1=C(F)CCC=C1)c1ccc2c(c1)OCCO2. The van der Waals surface area contributed by atoms with Crippen LogP contribution >= 0.6 is 0 Å². The summed E-state index contributed by atoms with van der Waals surface area (Å²) in [4.78, 5) is 27.7. The van der Waals surface area contributed by atoms with Crippen molar-refractivity contribution >= 4 is 23.1 Å². The molecule has 0 radical (unpaired) electrons. The van der Waals surface area contributed by atoms with Crippen molar-refractivity contribution in [1.29, 1.82) is 0 Å². The predicted molar refractivity (Wildman–Crippen MR) is 150 cm³/mol. The minimum absolute atomic E-state index is 0.168. The molecule has 1 amide bonds. The lowest BCUT2D eigenvalue weighted by atomic mass is 9.75. The van der Waals surface area contributed by atoms with E-state index in [9.17, 15) is 4.79 Å². The van der Waals surface area contributed by atoms with Gasteiger partial charge in [-0.1, -0.05) is 31.4 Å². The number of anilines is 2. The van der Waals surface area contributed by atoms with Crippen LogP contribution in [0.3, 0.4) is 0 Å². The van der Waals surface area contributed by atoms with Crippen LogP contribution in [0.2, 0.25) is 0 Å². The highest BCUT2D eigenvalue weighted by atomic mass is 19.1. The number of hydrogen-bond donors (Lipinski definition) is 0. The van der Waals surface area contributed by atoms with Crippen molar-refractivity contribution in [2.24, 2.45) is 11.8 Å². The van der Waals surface area contributed by atoms with Crippen molar-refractivity contribution in [2.45, 2.75) is 64.8 Å². The van der Waals surface area contributed by atoms with E-state index in [1.807, 2.05) is 38.1 Å². The van der Waals surface area contributed by atoms with Gasteiger partial charge in [-0.15, -0.1) is 0 Å². The van der Waals surface area contributed by atoms with E-state index in [0.717, 1.165) is 25.4 Å². The molecule has 39 heavy (non-hydrogen) atoms. The molecule has 0 N–H and O–H groups in total. The van der Waals surface area contributed by atoms with Gasteiger partial charge in [-0.2, -0.15) is 0 Å². The fourth-order valence-corrected chi connectivity index (χ4v) is 6.47. The zero-order valence-corrected chi connectivity index (χ0v) is 22.9. The molecule has 0 spiro atoms. The monoisotopic (exact) mass is 532 g/mol. The number of hydrogen-bond acceptors (Lipinski definition) is 6. The van der Waals surface area contributed by atoms with Crippen LogP contribution in [0.4, 0.5) is 16.0 Å². The summed E-state index contributed by atoms with van der Waals surface area (Å²) >= 11 is 0. The van der Waals surface area contributed by atoms with E-state index in [0.29, 0.717) is 71.9 Å². The Morgan fingerprint density at radius 1 is 1.10 bits per heavy atom. The van der Waals surface area contributed by atoms with E-state index in [1.54, 1.807) is 17.2 Å². The first-order chi connectivity index (χ1) is 19.0. The predicted octanol–water partition coefficient (Wildman–Crippen LogP) is 6.35. The zero-order valence-electron chi connectivity index (χ0n) is 22.9. The molecule has 1 saturated carbocycles. The largest absolute Gasteiger partial charge is 0.486 e. The first-order valence-electron chi connectivity index (χ1n) is 14.4. The van der Waals surface area contributed by atoms with Gasteiger partial charge in [0.2, 0.25) is 5.95 Å². The van der Waals surface area contributed by atoms with E-state index in [1.165, 1.54) is 25.7 Å². The Kier molecular flexibility index (Phi) is 7.28. The fraction of sp³-hybridized carbons (Fsp3) is 0.516. The lowest BCUT2D eigenvalue weighted by Gasteiger charge is -2.41. The van der Waals surface area contributed by atoms with E-state index in [2.05, 4.69) is 4.90 Å². The minimum atomic E-state index is -0.270. The smallest absolute Gasteiger partial charge is 0.262 e. The van der Waals surface area contributed by atoms with Gasteiger partial charge in [-0.25, -0.2) is 14.4 Å². The molecular formula is C31H37FN4O3. The van der Waals surface area contributed by atoms with Crippen molar-refractivity contribution in [1.82, 2.24) is 9.97 Å². The van der Waals surface area contributed by atoms with Crippen LogP contribution in [0.25, 0.3) is 5.57 Å². The number of fused-ring (bicyclic) bond motifs is 2. The van der Waals surface area contributed by atoms with E-state index in [-0.39, 0.29) is 17.8 Å². The Morgan fingerprint density at radius 3 is 2.69 bits per heavy atom. The molecular weight excluding hydrogens is 495 g/mol. The number of piperidine rings is 1. The van der Waals surface area contributed by atoms with Crippen LogP contribution in [0.15, 0.2) is 42.4 Å². The second-order valence-electron chi connectivity index (χ2n) is 11.3.